The zero-order valence-corrected chi connectivity index (χ0v) is 6.78. The van der Waals surface area contributed by atoms with Crippen LogP contribution in [0.2, 0.25) is 0 Å². The van der Waals surface area contributed by atoms with Gasteiger partial charge in [-0.1, -0.05) is 6.92 Å². The molecule has 0 spiro atoms. The summed E-state index contributed by atoms with van der Waals surface area (Å²) in [5.41, 5.74) is 0.475. The third kappa shape index (κ3) is 1.54. The van der Waals surface area contributed by atoms with Crippen molar-refractivity contribution >= 4 is 5.78 Å². The van der Waals surface area contributed by atoms with E-state index < -0.39 is 5.92 Å². The SMILES string of the molecule is CCC(C#N)C(=O)c1ccoc1. The van der Waals surface area contributed by atoms with Gasteiger partial charge in [-0.15, -0.1) is 0 Å². The molecule has 3 nitrogen and oxygen atoms in total. The maximum Gasteiger partial charge on any atom is 0.183 e. The molecule has 0 aromatic carbocycles. The zero-order chi connectivity index (χ0) is 8.97. The molecular weight excluding hydrogens is 154 g/mol. The molecule has 1 atom stereocenters. The number of hydrogen-bond donors (Lipinski definition) is 0. The van der Waals surface area contributed by atoms with Crippen LogP contribution in [0.1, 0.15) is 23.7 Å². The first-order valence-electron chi connectivity index (χ1n) is 3.75. The monoisotopic (exact) mass is 163 g/mol. The predicted molar refractivity (Wildman–Crippen MR) is 42.4 cm³/mol. The fourth-order valence-corrected chi connectivity index (χ4v) is 0.941. The lowest BCUT2D eigenvalue weighted by Crippen LogP contribution is -2.10. The van der Waals surface area contributed by atoms with Crippen LogP contribution in [0.4, 0.5) is 0 Å². The van der Waals surface area contributed by atoms with Crippen LogP contribution in [-0.4, -0.2) is 5.78 Å². The van der Waals surface area contributed by atoms with Gasteiger partial charge in [0.05, 0.1) is 17.9 Å². The maximum absolute atomic E-state index is 11.4. The van der Waals surface area contributed by atoms with E-state index in [1.165, 1.54) is 12.5 Å². The van der Waals surface area contributed by atoms with Crippen molar-refractivity contribution in [3.63, 3.8) is 0 Å². The molecule has 0 bridgehead atoms. The van der Waals surface area contributed by atoms with E-state index in [-0.39, 0.29) is 5.78 Å². The fraction of sp³-hybridized carbons (Fsp3) is 0.333. The minimum atomic E-state index is -0.539. The highest BCUT2D eigenvalue weighted by molar-refractivity contribution is 5.98. The van der Waals surface area contributed by atoms with E-state index in [1.54, 1.807) is 6.07 Å². The molecular formula is C9H9NO2. The van der Waals surface area contributed by atoms with E-state index in [9.17, 15) is 4.79 Å². The molecule has 1 heterocycles. The van der Waals surface area contributed by atoms with Gasteiger partial charge in [0, 0.05) is 0 Å². The summed E-state index contributed by atoms with van der Waals surface area (Å²) in [4.78, 5) is 11.4. The molecule has 3 heteroatoms. The Labute approximate surface area is 70.6 Å². The molecule has 1 rings (SSSR count). The van der Waals surface area contributed by atoms with Crippen LogP contribution in [0.3, 0.4) is 0 Å². The second-order valence-corrected chi connectivity index (χ2v) is 2.47. The van der Waals surface area contributed by atoms with Gasteiger partial charge in [0.25, 0.3) is 0 Å². The van der Waals surface area contributed by atoms with E-state index >= 15 is 0 Å². The normalized spacial score (nSPS) is 12.0. The predicted octanol–water partition coefficient (Wildman–Crippen LogP) is 2.01. The van der Waals surface area contributed by atoms with Crippen molar-refractivity contribution in [2.24, 2.45) is 5.92 Å². The summed E-state index contributed by atoms with van der Waals surface area (Å²) in [6, 6.07) is 3.52. The molecule has 0 fully saturated rings. The number of Topliss-reactive ketones (excluding diaryl/α,β-unsaturated/α-hetero) is 1. The molecule has 0 radical (unpaired) electrons. The molecule has 0 aliphatic carbocycles. The standard InChI is InChI=1S/C9H9NO2/c1-2-7(5-10)9(11)8-3-4-12-6-8/h3-4,6-7H,2H2,1H3. The van der Waals surface area contributed by atoms with Crippen molar-refractivity contribution in [1.29, 1.82) is 5.26 Å². The summed E-state index contributed by atoms with van der Waals surface area (Å²) in [6.45, 7) is 1.81. The number of nitriles is 1. The van der Waals surface area contributed by atoms with Crippen LogP contribution >= 0.6 is 0 Å². The lowest BCUT2D eigenvalue weighted by Gasteiger charge is -2.00. The summed E-state index contributed by atoms with van der Waals surface area (Å²) in [6.07, 6.45) is 3.33. The first-order valence-corrected chi connectivity index (χ1v) is 3.75. The highest BCUT2D eigenvalue weighted by Crippen LogP contribution is 2.11. The van der Waals surface area contributed by atoms with Crippen LogP contribution in [-0.2, 0) is 0 Å². The Kier molecular flexibility index (Phi) is 2.65. The number of carbonyl (C=O) groups excluding carboxylic acids is 1. The van der Waals surface area contributed by atoms with E-state index in [4.69, 9.17) is 9.68 Å². The fourth-order valence-electron chi connectivity index (χ4n) is 0.941. The highest BCUT2D eigenvalue weighted by Gasteiger charge is 2.17. The summed E-state index contributed by atoms with van der Waals surface area (Å²) in [7, 11) is 0. The van der Waals surface area contributed by atoms with Crippen LogP contribution in [0, 0.1) is 17.2 Å². The van der Waals surface area contributed by atoms with E-state index in [1.807, 2.05) is 13.0 Å². The van der Waals surface area contributed by atoms with Crippen LogP contribution < -0.4 is 0 Å². The maximum atomic E-state index is 11.4. The van der Waals surface area contributed by atoms with Crippen LogP contribution in [0.5, 0.6) is 0 Å². The largest absolute Gasteiger partial charge is 0.472 e. The summed E-state index contributed by atoms with van der Waals surface area (Å²) >= 11 is 0. The highest BCUT2D eigenvalue weighted by atomic mass is 16.3. The zero-order valence-electron chi connectivity index (χ0n) is 6.78. The van der Waals surface area contributed by atoms with Crippen LogP contribution in [0.15, 0.2) is 23.0 Å². The Morgan fingerprint density at radius 1 is 1.83 bits per heavy atom. The Balaban J connectivity index is 2.79. The quantitative estimate of drug-likeness (QED) is 0.640. The number of carbonyl (C=O) groups is 1. The lowest BCUT2D eigenvalue weighted by molar-refractivity contribution is 0.0946. The molecule has 1 aromatic rings. The van der Waals surface area contributed by atoms with Gasteiger partial charge in [-0.2, -0.15) is 5.26 Å². The van der Waals surface area contributed by atoms with Gasteiger partial charge < -0.3 is 4.42 Å². The van der Waals surface area contributed by atoms with Crippen molar-refractivity contribution < 1.29 is 9.21 Å². The summed E-state index contributed by atoms with van der Waals surface area (Å²) in [5.74, 6) is -0.698. The van der Waals surface area contributed by atoms with E-state index in [0.29, 0.717) is 12.0 Å². The molecule has 0 aliphatic rings. The van der Waals surface area contributed by atoms with Crippen molar-refractivity contribution in [1.82, 2.24) is 0 Å². The second kappa shape index (κ2) is 3.72. The van der Waals surface area contributed by atoms with E-state index in [0.717, 1.165) is 0 Å². The third-order valence-electron chi connectivity index (χ3n) is 1.69. The average Bonchev–Trinajstić information content (AvgIpc) is 2.58. The van der Waals surface area contributed by atoms with Gasteiger partial charge in [0.15, 0.2) is 5.78 Å². The molecule has 1 unspecified atom stereocenters. The van der Waals surface area contributed by atoms with Gasteiger partial charge >= 0.3 is 0 Å². The number of furan rings is 1. The molecule has 0 saturated heterocycles. The second-order valence-electron chi connectivity index (χ2n) is 2.47. The van der Waals surface area contributed by atoms with Gasteiger partial charge in [-0.05, 0) is 12.5 Å². The molecule has 62 valence electrons. The van der Waals surface area contributed by atoms with Crippen LogP contribution in [0.25, 0.3) is 0 Å². The number of ketones is 1. The molecule has 12 heavy (non-hydrogen) atoms. The summed E-state index contributed by atoms with van der Waals surface area (Å²) < 4.78 is 4.74. The van der Waals surface area contributed by atoms with Crippen molar-refractivity contribution in [3.05, 3.63) is 24.2 Å². The first kappa shape index (κ1) is 8.54. The minimum absolute atomic E-state index is 0.159. The molecule has 0 saturated carbocycles. The first-order chi connectivity index (χ1) is 5.79. The number of nitrogens with zero attached hydrogens (tertiary/aromatic N) is 1. The molecule has 0 aliphatic heterocycles. The van der Waals surface area contributed by atoms with Gasteiger partial charge in [-0.25, -0.2) is 0 Å². The van der Waals surface area contributed by atoms with Gasteiger partial charge in [-0.3, -0.25) is 4.79 Å². The number of hydrogen-bond acceptors (Lipinski definition) is 3. The van der Waals surface area contributed by atoms with E-state index in [2.05, 4.69) is 0 Å². The number of rotatable bonds is 3. The molecule has 1 aromatic heterocycles. The molecule has 0 N–H and O–H groups in total. The Morgan fingerprint density at radius 3 is 3.00 bits per heavy atom. The summed E-state index contributed by atoms with van der Waals surface area (Å²) in [5, 5.41) is 8.59. The Bertz CT molecular complexity index is 295. The topological polar surface area (TPSA) is 54.0 Å². The molecule has 0 amide bonds. The third-order valence-corrected chi connectivity index (χ3v) is 1.69. The van der Waals surface area contributed by atoms with Gasteiger partial charge in [0.2, 0.25) is 0 Å². The smallest absolute Gasteiger partial charge is 0.183 e. The lowest BCUT2D eigenvalue weighted by atomic mass is 9.99. The Hall–Kier alpha value is -1.56. The van der Waals surface area contributed by atoms with Gasteiger partial charge in [0.1, 0.15) is 12.2 Å². The van der Waals surface area contributed by atoms with Crippen molar-refractivity contribution in [2.75, 3.05) is 0 Å². The van der Waals surface area contributed by atoms with Crippen molar-refractivity contribution in [3.8, 4) is 6.07 Å². The Morgan fingerprint density at radius 2 is 2.58 bits per heavy atom. The minimum Gasteiger partial charge on any atom is -0.472 e. The average molecular weight is 163 g/mol. The van der Waals surface area contributed by atoms with Crippen molar-refractivity contribution in [2.45, 2.75) is 13.3 Å².